The van der Waals surface area contributed by atoms with Crippen LogP contribution in [-0.4, -0.2) is 36.1 Å². The number of nitrogens with zero attached hydrogens (tertiary/aromatic N) is 2. The summed E-state index contributed by atoms with van der Waals surface area (Å²) >= 11 is 0. The van der Waals surface area contributed by atoms with Crippen molar-refractivity contribution in [3.05, 3.63) is 65.1 Å². The molecule has 0 atom stereocenters. The van der Waals surface area contributed by atoms with Crippen molar-refractivity contribution in [1.82, 2.24) is 20.6 Å². The molecule has 5 nitrogen and oxygen atoms in total. The summed E-state index contributed by atoms with van der Waals surface area (Å²) in [6, 6.07) is 12.6. The van der Waals surface area contributed by atoms with Gasteiger partial charge in [-0.25, -0.2) is 0 Å². The highest BCUT2D eigenvalue weighted by atomic mass is 127. The maximum absolute atomic E-state index is 4.33. The van der Waals surface area contributed by atoms with E-state index in [2.05, 4.69) is 62.8 Å². The van der Waals surface area contributed by atoms with Gasteiger partial charge in [-0.15, -0.1) is 24.0 Å². The molecule has 0 unspecified atom stereocenters. The third-order valence-corrected chi connectivity index (χ3v) is 4.60. The topological polar surface area (TPSA) is 65.1 Å². The number of pyridine rings is 1. The maximum atomic E-state index is 4.33. The normalized spacial score (nSPS) is 11.3. The zero-order chi connectivity index (χ0) is 18.4. The second kappa shape index (κ2) is 10.3. The summed E-state index contributed by atoms with van der Waals surface area (Å²) in [7, 11) is 1.81. The van der Waals surface area contributed by atoms with E-state index in [0.29, 0.717) is 0 Å². The molecular weight excluding hydrogens is 449 g/mol. The van der Waals surface area contributed by atoms with E-state index in [0.717, 1.165) is 37.6 Å². The minimum Gasteiger partial charge on any atom is -0.358 e. The van der Waals surface area contributed by atoms with Crippen molar-refractivity contribution >= 4 is 40.8 Å². The zero-order valence-corrected chi connectivity index (χ0v) is 18.5. The minimum atomic E-state index is 0. The van der Waals surface area contributed by atoms with E-state index in [9.17, 15) is 0 Å². The van der Waals surface area contributed by atoms with Crippen molar-refractivity contribution in [1.29, 1.82) is 0 Å². The van der Waals surface area contributed by atoms with Crippen LogP contribution in [0.2, 0.25) is 0 Å². The molecule has 0 aliphatic rings. The molecule has 144 valence electrons. The Kier molecular flexibility index (Phi) is 8.09. The molecule has 3 N–H and O–H groups in total. The molecule has 27 heavy (non-hydrogen) atoms. The molecule has 0 aliphatic heterocycles. The summed E-state index contributed by atoms with van der Waals surface area (Å²) in [4.78, 5) is 12.1. The number of hydrogen-bond acceptors (Lipinski definition) is 2. The van der Waals surface area contributed by atoms with E-state index in [-0.39, 0.29) is 24.0 Å². The molecule has 3 aromatic rings. The van der Waals surface area contributed by atoms with E-state index in [1.807, 2.05) is 19.2 Å². The van der Waals surface area contributed by atoms with Crippen molar-refractivity contribution in [2.45, 2.75) is 26.7 Å². The van der Waals surface area contributed by atoms with Gasteiger partial charge in [0.2, 0.25) is 0 Å². The van der Waals surface area contributed by atoms with E-state index >= 15 is 0 Å². The highest BCUT2D eigenvalue weighted by Crippen LogP contribution is 2.21. The van der Waals surface area contributed by atoms with E-state index in [1.54, 1.807) is 7.05 Å². The number of H-pyrrole nitrogens is 1. The van der Waals surface area contributed by atoms with Gasteiger partial charge >= 0.3 is 0 Å². The van der Waals surface area contributed by atoms with Crippen LogP contribution in [0, 0.1) is 13.8 Å². The Morgan fingerprint density at radius 3 is 2.48 bits per heavy atom. The van der Waals surface area contributed by atoms with Gasteiger partial charge in [0.1, 0.15) is 0 Å². The fraction of sp³-hybridized carbons (Fsp3) is 0.333. The number of para-hydroxylation sites is 1. The largest absolute Gasteiger partial charge is 0.358 e. The highest BCUT2D eigenvalue weighted by molar-refractivity contribution is 14.0. The van der Waals surface area contributed by atoms with E-state index in [4.69, 9.17) is 0 Å². The van der Waals surface area contributed by atoms with Gasteiger partial charge < -0.3 is 15.6 Å². The minimum absolute atomic E-state index is 0. The molecule has 1 aromatic carbocycles. The van der Waals surface area contributed by atoms with Crippen LogP contribution in [0.5, 0.6) is 0 Å². The third kappa shape index (κ3) is 5.69. The smallest absolute Gasteiger partial charge is 0.190 e. The fourth-order valence-corrected chi connectivity index (χ4v) is 3.15. The molecule has 0 saturated heterocycles. The Hall–Kier alpha value is -2.09. The molecule has 0 bridgehead atoms. The summed E-state index contributed by atoms with van der Waals surface area (Å²) in [6.45, 7) is 5.81. The van der Waals surface area contributed by atoms with Gasteiger partial charge in [-0.3, -0.25) is 9.98 Å². The molecule has 2 heterocycles. The molecule has 0 aliphatic carbocycles. The van der Waals surface area contributed by atoms with E-state index < -0.39 is 0 Å². The number of nitrogens with one attached hydrogen (secondary N) is 3. The molecule has 2 aromatic heterocycles. The molecule has 0 amide bonds. The van der Waals surface area contributed by atoms with Crippen LogP contribution in [0.3, 0.4) is 0 Å². The first-order valence-corrected chi connectivity index (χ1v) is 9.09. The van der Waals surface area contributed by atoms with Crippen molar-refractivity contribution in [2.24, 2.45) is 4.99 Å². The number of fused-ring (bicyclic) bond motifs is 1. The first kappa shape index (κ1) is 21.2. The lowest BCUT2D eigenvalue weighted by Gasteiger charge is -2.12. The molecular formula is C21H28IN5. The van der Waals surface area contributed by atoms with Crippen molar-refractivity contribution in [3.63, 3.8) is 0 Å². The quantitative estimate of drug-likeness (QED) is 0.288. The number of hydrogen-bond donors (Lipinski definition) is 3. The number of aryl methyl sites for hydroxylation is 2. The Labute approximate surface area is 178 Å². The number of benzene rings is 1. The first-order valence-electron chi connectivity index (χ1n) is 9.09. The summed E-state index contributed by atoms with van der Waals surface area (Å²) in [6.07, 6.45) is 3.82. The molecule has 3 rings (SSSR count). The van der Waals surface area contributed by atoms with E-state index in [1.165, 1.54) is 27.7 Å². The Morgan fingerprint density at radius 1 is 1.04 bits per heavy atom. The van der Waals surface area contributed by atoms with Crippen LogP contribution in [0.4, 0.5) is 0 Å². The number of halogens is 1. The second-order valence-electron chi connectivity index (χ2n) is 6.51. The summed E-state index contributed by atoms with van der Waals surface area (Å²) < 4.78 is 0. The summed E-state index contributed by atoms with van der Waals surface area (Å²) in [5, 5.41) is 8.08. The SMILES string of the molecule is CN=C(NCCc1ccc(C)nc1)NCCc1c(C)[nH]c2ccccc12.I. The Bertz CT molecular complexity index is 883. The number of aromatic amines is 1. The van der Waals surface area contributed by atoms with Gasteiger partial charge in [0, 0.05) is 48.6 Å². The van der Waals surface area contributed by atoms with Crippen LogP contribution >= 0.6 is 24.0 Å². The van der Waals surface area contributed by atoms with Gasteiger partial charge in [0.25, 0.3) is 0 Å². The number of guanidine groups is 1. The predicted molar refractivity (Wildman–Crippen MR) is 124 cm³/mol. The van der Waals surface area contributed by atoms with Gasteiger partial charge in [-0.2, -0.15) is 0 Å². The summed E-state index contributed by atoms with van der Waals surface area (Å²) in [5.41, 5.74) is 6.09. The Balaban J connectivity index is 0.00000261. The Morgan fingerprint density at radius 2 is 1.78 bits per heavy atom. The average Bonchev–Trinajstić information content (AvgIpc) is 2.97. The molecule has 0 spiro atoms. The zero-order valence-electron chi connectivity index (χ0n) is 16.2. The number of aliphatic imine (C=N–C) groups is 1. The average molecular weight is 477 g/mol. The number of rotatable bonds is 6. The van der Waals surface area contributed by atoms with Crippen LogP contribution in [-0.2, 0) is 12.8 Å². The van der Waals surface area contributed by atoms with Crippen molar-refractivity contribution in [3.8, 4) is 0 Å². The fourth-order valence-electron chi connectivity index (χ4n) is 3.15. The molecule has 0 radical (unpaired) electrons. The van der Waals surface area contributed by atoms with Gasteiger partial charge in [0.05, 0.1) is 0 Å². The van der Waals surface area contributed by atoms with Crippen molar-refractivity contribution < 1.29 is 0 Å². The first-order chi connectivity index (χ1) is 12.7. The monoisotopic (exact) mass is 477 g/mol. The lowest BCUT2D eigenvalue weighted by atomic mass is 10.1. The van der Waals surface area contributed by atoms with Gasteiger partial charge in [-0.1, -0.05) is 24.3 Å². The highest BCUT2D eigenvalue weighted by Gasteiger charge is 2.07. The standard InChI is InChI=1S/C21H27N5.HI/c1-15-8-9-17(14-25-15)10-12-23-21(22-3)24-13-11-18-16(2)26-20-7-5-4-6-19(18)20;/h4-9,14,26H,10-13H2,1-3H3,(H2,22,23,24);1H. The van der Waals surface area contributed by atoms with Crippen LogP contribution in [0.1, 0.15) is 22.5 Å². The van der Waals surface area contributed by atoms with Crippen LogP contribution < -0.4 is 10.6 Å². The predicted octanol–water partition coefficient (Wildman–Crippen LogP) is 3.75. The summed E-state index contributed by atoms with van der Waals surface area (Å²) in [5.74, 6) is 0.836. The second-order valence-corrected chi connectivity index (χ2v) is 6.51. The molecule has 0 saturated carbocycles. The molecule has 6 heteroatoms. The lowest BCUT2D eigenvalue weighted by Crippen LogP contribution is -2.39. The van der Waals surface area contributed by atoms with Crippen LogP contribution in [0.25, 0.3) is 10.9 Å². The maximum Gasteiger partial charge on any atom is 0.190 e. The van der Waals surface area contributed by atoms with Gasteiger partial charge in [-0.05, 0) is 49.9 Å². The lowest BCUT2D eigenvalue weighted by molar-refractivity contribution is 0.782. The third-order valence-electron chi connectivity index (χ3n) is 4.60. The van der Waals surface area contributed by atoms with Crippen molar-refractivity contribution in [2.75, 3.05) is 20.1 Å². The van der Waals surface area contributed by atoms with Crippen LogP contribution in [0.15, 0.2) is 47.6 Å². The van der Waals surface area contributed by atoms with Gasteiger partial charge in [0.15, 0.2) is 5.96 Å². The molecule has 0 fully saturated rings. The number of aromatic nitrogens is 2.